The summed E-state index contributed by atoms with van der Waals surface area (Å²) in [6.45, 7) is 1.90. The predicted octanol–water partition coefficient (Wildman–Crippen LogP) is 3.13. The molecule has 1 aromatic carbocycles. The number of Topliss-reactive ketones (excluding diaryl/α,β-unsaturated/α-hetero) is 1. The molecular formula is C14H15NOS. The number of hydrogen-bond acceptors (Lipinski definition) is 3. The van der Waals surface area contributed by atoms with E-state index < -0.39 is 0 Å². The van der Waals surface area contributed by atoms with Crippen LogP contribution in [0.4, 0.5) is 5.69 Å². The molecule has 1 aliphatic heterocycles. The summed E-state index contributed by atoms with van der Waals surface area (Å²) >= 11 is 1.61. The maximum atomic E-state index is 11.4. The van der Waals surface area contributed by atoms with Crippen molar-refractivity contribution in [3.8, 4) is 0 Å². The molecule has 0 spiro atoms. The van der Waals surface area contributed by atoms with Crippen molar-refractivity contribution in [3.05, 3.63) is 39.9 Å². The third kappa shape index (κ3) is 2.00. The Morgan fingerprint density at radius 2 is 2.06 bits per heavy atom. The third-order valence-electron chi connectivity index (χ3n) is 3.46. The fourth-order valence-corrected chi connectivity index (χ4v) is 3.40. The second-order valence-corrected chi connectivity index (χ2v) is 5.61. The zero-order valence-corrected chi connectivity index (χ0v) is 10.7. The van der Waals surface area contributed by atoms with E-state index in [1.807, 2.05) is 6.92 Å². The van der Waals surface area contributed by atoms with Gasteiger partial charge in [0.05, 0.1) is 10.8 Å². The quantitative estimate of drug-likeness (QED) is 0.868. The van der Waals surface area contributed by atoms with E-state index in [0.717, 1.165) is 16.3 Å². The lowest BCUT2D eigenvalue weighted by Crippen LogP contribution is -1.99. The normalized spacial score (nSPS) is 18.8. The average molecular weight is 245 g/mol. The van der Waals surface area contributed by atoms with Crippen LogP contribution in [0.5, 0.6) is 0 Å². The van der Waals surface area contributed by atoms with Gasteiger partial charge in [0.25, 0.3) is 0 Å². The van der Waals surface area contributed by atoms with Gasteiger partial charge in [-0.15, -0.1) is 0 Å². The highest BCUT2D eigenvalue weighted by molar-refractivity contribution is 8.04. The molecule has 0 unspecified atom stereocenters. The van der Waals surface area contributed by atoms with Crippen LogP contribution in [0.2, 0.25) is 0 Å². The molecule has 2 aliphatic rings. The Bertz CT molecular complexity index is 519. The number of hydrogen-bond donors (Lipinski definition) is 1. The molecule has 0 aromatic heterocycles. The summed E-state index contributed by atoms with van der Waals surface area (Å²) < 4.78 is 0. The van der Waals surface area contributed by atoms with Crippen molar-refractivity contribution >= 4 is 23.2 Å². The van der Waals surface area contributed by atoms with E-state index in [1.54, 1.807) is 11.8 Å². The zero-order valence-electron chi connectivity index (χ0n) is 9.88. The second kappa shape index (κ2) is 4.22. The number of aryl methyl sites for hydroxylation is 2. The molecule has 3 heteroatoms. The molecule has 0 saturated heterocycles. The summed E-state index contributed by atoms with van der Waals surface area (Å²) in [7, 11) is 0. The Balaban J connectivity index is 1.84. The van der Waals surface area contributed by atoms with Crippen LogP contribution in [0.25, 0.3) is 0 Å². The first kappa shape index (κ1) is 10.9. The average Bonchev–Trinajstić information content (AvgIpc) is 2.90. The summed E-state index contributed by atoms with van der Waals surface area (Å²) in [5.41, 5.74) is 4.93. The van der Waals surface area contributed by atoms with E-state index in [-0.39, 0.29) is 5.78 Å². The Labute approximate surface area is 105 Å². The van der Waals surface area contributed by atoms with E-state index in [1.165, 1.54) is 30.4 Å². The molecule has 3 rings (SSSR count). The molecule has 0 fully saturated rings. The minimum absolute atomic E-state index is 0.249. The minimum Gasteiger partial charge on any atom is -0.350 e. The van der Waals surface area contributed by atoms with Gasteiger partial charge in [0.15, 0.2) is 5.78 Å². The highest BCUT2D eigenvalue weighted by atomic mass is 32.2. The molecule has 0 radical (unpaired) electrons. The molecule has 1 aliphatic carbocycles. The van der Waals surface area contributed by atoms with Gasteiger partial charge in [-0.1, -0.05) is 17.8 Å². The molecule has 0 bridgehead atoms. The molecule has 0 atom stereocenters. The van der Waals surface area contributed by atoms with E-state index in [0.29, 0.717) is 5.75 Å². The maximum Gasteiger partial charge on any atom is 0.171 e. The van der Waals surface area contributed by atoms with Crippen LogP contribution in [0, 0.1) is 0 Å². The molecule has 2 nitrogen and oxygen atoms in total. The second-order valence-electron chi connectivity index (χ2n) is 4.63. The molecule has 1 aromatic rings. The first-order chi connectivity index (χ1) is 8.24. The number of thioether (sulfide) groups is 1. The molecule has 17 heavy (non-hydrogen) atoms. The first-order valence-corrected chi connectivity index (χ1v) is 6.98. The van der Waals surface area contributed by atoms with Gasteiger partial charge in [-0.2, -0.15) is 0 Å². The maximum absolute atomic E-state index is 11.4. The smallest absolute Gasteiger partial charge is 0.171 e. The summed E-state index contributed by atoms with van der Waals surface area (Å²) in [6.07, 6.45) is 3.67. The number of anilines is 1. The van der Waals surface area contributed by atoms with Crippen molar-refractivity contribution in [2.75, 3.05) is 11.1 Å². The fraction of sp³-hybridized carbons (Fsp3) is 0.357. The summed E-state index contributed by atoms with van der Waals surface area (Å²) in [6, 6.07) is 6.56. The highest BCUT2D eigenvalue weighted by Gasteiger charge is 2.20. The van der Waals surface area contributed by atoms with Crippen molar-refractivity contribution in [1.82, 2.24) is 0 Å². The predicted molar refractivity (Wildman–Crippen MR) is 72.3 cm³/mol. The number of fused-ring (bicyclic) bond motifs is 1. The van der Waals surface area contributed by atoms with E-state index in [9.17, 15) is 4.79 Å². The van der Waals surface area contributed by atoms with Gasteiger partial charge in [-0.25, -0.2) is 0 Å². The number of rotatable bonds is 2. The summed E-state index contributed by atoms with van der Waals surface area (Å²) in [5, 5.41) is 4.39. The van der Waals surface area contributed by atoms with Gasteiger partial charge < -0.3 is 5.32 Å². The lowest BCUT2D eigenvalue weighted by Gasteiger charge is -2.09. The third-order valence-corrected chi connectivity index (χ3v) is 4.57. The number of carbonyl (C=O) groups excluding carboxylic acids is 1. The van der Waals surface area contributed by atoms with E-state index in [4.69, 9.17) is 0 Å². The summed E-state index contributed by atoms with van der Waals surface area (Å²) in [5.74, 6) is 0.831. The van der Waals surface area contributed by atoms with Crippen molar-refractivity contribution in [3.63, 3.8) is 0 Å². The Hall–Kier alpha value is -1.22. The zero-order chi connectivity index (χ0) is 11.8. The lowest BCUT2D eigenvalue weighted by atomic mass is 10.1. The standard InChI is InChI=1S/C14H15NOS/c1-9-13(16)8-17-14(9)15-12-6-5-10-3-2-4-11(10)7-12/h5-7,15H,2-4,8H2,1H3. The van der Waals surface area contributed by atoms with Gasteiger partial charge in [-0.3, -0.25) is 4.79 Å². The molecule has 1 N–H and O–H groups in total. The monoisotopic (exact) mass is 245 g/mol. The van der Waals surface area contributed by atoms with Crippen LogP contribution in [-0.2, 0) is 17.6 Å². The van der Waals surface area contributed by atoms with Crippen molar-refractivity contribution < 1.29 is 4.79 Å². The SMILES string of the molecule is CC1=C(Nc2ccc3c(c2)CCC3)SCC1=O. The van der Waals surface area contributed by atoms with Crippen molar-refractivity contribution in [2.24, 2.45) is 0 Å². The minimum atomic E-state index is 0.249. The Morgan fingerprint density at radius 3 is 2.82 bits per heavy atom. The molecule has 1 heterocycles. The van der Waals surface area contributed by atoms with Gasteiger partial charge >= 0.3 is 0 Å². The number of nitrogens with one attached hydrogen (secondary N) is 1. The number of benzene rings is 1. The van der Waals surface area contributed by atoms with Gasteiger partial charge in [0, 0.05) is 11.3 Å². The number of ketones is 1. The van der Waals surface area contributed by atoms with Crippen LogP contribution in [0.1, 0.15) is 24.5 Å². The Morgan fingerprint density at radius 1 is 1.24 bits per heavy atom. The van der Waals surface area contributed by atoms with Crippen LogP contribution < -0.4 is 5.32 Å². The molecule has 0 saturated carbocycles. The van der Waals surface area contributed by atoms with Crippen LogP contribution >= 0.6 is 11.8 Å². The van der Waals surface area contributed by atoms with Gasteiger partial charge in [-0.05, 0) is 49.4 Å². The Kier molecular flexibility index (Phi) is 2.71. The van der Waals surface area contributed by atoms with Crippen molar-refractivity contribution in [1.29, 1.82) is 0 Å². The van der Waals surface area contributed by atoms with E-state index >= 15 is 0 Å². The van der Waals surface area contributed by atoms with Gasteiger partial charge in [0.1, 0.15) is 0 Å². The molecular weight excluding hydrogens is 230 g/mol. The topological polar surface area (TPSA) is 29.1 Å². The van der Waals surface area contributed by atoms with Crippen molar-refractivity contribution in [2.45, 2.75) is 26.2 Å². The van der Waals surface area contributed by atoms with Gasteiger partial charge in [0.2, 0.25) is 0 Å². The highest BCUT2D eigenvalue weighted by Crippen LogP contribution is 2.31. The van der Waals surface area contributed by atoms with Crippen LogP contribution in [0.15, 0.2) is 28.8 Å². The molecule has 0 amide bonds. The summed E-state index contributed by atoms with van der Waals surface area (Å²) in [4.78, 5) is 11.4. The number of allylic oxidation sites excluding steroid dienone is 1. The molecule has 88 valence electrons. The van der Waals surface area contributed by atoms with E-state index in [2.05, 4.69) is 23.5 Å². The van der Waals surface area contributed by atoms with Crippen LogP contribution in [-0.4, -0.2) is 11.5 Å². The lowest BCUT2D eigenvalue weighted by molar-refractivity contribution is -0.113. The fourth-order valence-electron chi connectivity index (χ4n) is 2.39. The number of carbonyl (C=O) groups is 1. The van der Waals surface area contributed by atoms with Crippen LogP contribution in [0.3, 0.4) is 0 Å². The largest absolute Gasteiger partial charge is 0.350 e. The first-order valence-electron chi connectivity index (χ1n) is 6.00.